The standard InChI is InChI=1S/C9H19NOS/c1-8(11)5-6-9(2,3)12-7-10-4/h10H,5-7H2,1-4H3. The number of carbonyl (C=O) groups is 1. The lowest BCUT2D eigenvalue weighted by Gasteiger charge is -2.23. The van der Waals surface area contributed by atoms with E-state index in [1.165, 1.54) is 0 Å². The van der Waals surface area contributed by atoms with Crippen molar-refractivity contribution in [2.45, 2.75) is 38.4 Å². The Balaban J connectivity index is 3.63. The van der Waals surface area contributed by atoms with Crippen LogP contribution in [0.15, 0.2) is 0 Å². The first-order valence-corrected chi connectivity index (χ1v) is 5.24. The minimum atomic E-state index is 0.217. The quantitative estimate of drug-likeness (QED) is 0.648. The summed E-state index contributed by atoms with van der Waals surface area (Å²) in [7, 11) is 1.94. The van der Waals surface area contributed by atoms with Crippen LogP contribution in [0.2, 0.25) is 0 Å². The topological polar surface area (TPSA) is 29.1 Å². The summed E-state index contributed by atoms with van der Waals surface area (Å²) in [5.74, 6) is 1.23. The van der Waals surface area contributed by atoms with Crippen LogP contribution in [-0.2, 0) is 4.79 Å². The lowest BCUT2D eigenvalue weighted by atomic mass is 10.1. The van der Waals surface area contributed by atoms with Gasteiger partial charge < -0.3 is 10.1 Å². The molecule has 0 aromatic heterocycles. The highest BCUT2D eigenvalue weighted by Crippen LogP contribution is 2.28. The van der Waals surface area contributed by atoms with Gasteiger partial charge in [0.1, 0.15) is 5.78 Å². The molecule has 0 aromatic carbocycles. The van der Waals surface area contributed by atoms with Crippen molar-refractivity contribution < 1.29 is 4.79 Å². The fourth-order valence-corrected chi connectivity index (χ4v) is 1.60. The lowest BCUT2D eigenvalue weighted by Crippen LogP contribution is -2.20. The highest BCUT2D eigenvalue weighted by molar-refractivity contribution is 8.00. The lowest BCUT2D eigenvalue weighted by molar-refractivity contribution is -0.117. The number of Topliss-reactive ketones (excluding diaryl/α,β-unsaturated/α-hetero) is 1. The van der Waals surface area contributed by atoms with E-state index in [4.69, 9.17) is 0 Å². The molecule has 0 heterocycles. The van der Waals surface area contributed by atoms with Gasteiger partial charge in [-0.3, -0.25) is 0 Å². The minimum absolute atomic E-state index is 0.217. The Bertz CT molecular complexity index is 145. The Hall–Kier alpha value is -0.0200. The molecule has 0 radical (unpaired) electrons. The first kappa shape index (κ1) is 12.0. The molecule has 0 saturated carbocycles. The number of thioether (sulfide) groups is 1. The Morgan fingerprint density at radius 2 is 2.08 bits per heavy atom. The molecule has 0 aliphatic heterocycles. The third-order valence-corrected chi connectivity index (χ3v) is 3.10. The predicted molar refractivity (Wildman–Crippen MR) is 55.5 cm³/mol. The molecule has 0 aromatic rings. The molecule has 0 fully saturated rings. The number of hydrogen-bond donors (Lipinski definition) is 1. The summed E-state index contributed by atoms with van der Waals surface area (Å²) in [5, 5.41) is 3.09. The SMILES string of the molecule is CNCSC(C)(C)CCC(C)=O. The zero-order valence-corrected chi connectivity index (χ0v) is 9.25. The zero-order chi connectivity index (χ0) is 9.61. The van der Waals surface area contributed by atoms with Gasteiger partial charge in [0, 0.05) is 17.0 Å². The van der Waals surface area contributed by atoms with E-state index in [0.29, 0.717) is 6.42 Å². The molecular formula is C9H19NOS. The molecule has 0 bridgehead atoms. The number of carbonyl (C=O) groups excluding carboxylic acids is 1. The molecule has 0 rings (SSSR count). The molecule has 0 atom stereocenters. The molecular weight excluding hydrogens is 170 g/mol. The van der Waals surface area contributed by atoms with Crippen LogP contribution in [0.5, 0.6) is 0 Å². The van der Waals surface area contributed by atoms with Crippen molar-refractivity contribution in [3.63, 3.8) is 0 Å². The molecule has 1 N–H and O–H groups in total. The second-order valence-corrected chi connectivity index (χ2v) is 5.29. The van der Waals surface area contributed by atoms with Gasteiger partial charge in [0.25, 0.3) is 0 Å². The zero-order valence-electron chi connectivity index (χ0n) is 8.44. The van der Waals surface area contributed by atoms with E-state index in [9.17, 15) is 4.79 Å². The summed E-state index contributed by atoms with van der Waals surface area (Å²) in [4.78, 5) is 10.7. The van der Waals surface area contributed by atoms with Crippen molar-refractivity contribution in [1.82, 2.24) is 5.32 Å². The minimum Gasteiger partial charge on any atom is -0.311 e. The molecule has 0 unspecified atom stereocenters. The van der Waals surface area contributed by atoms with Crippen LogP contribution in [0.1, 0.15) is 33.6 Å². The Morgan fingerprint density at radius 1 is 1.50 bits per heavy atom. The van der Waals surface area contributed by atoms with Gasteiger partial charge in [-0.05, 0) is 20.4 Å². The third-order valence-electron chi connectivity index (χ3n) is 1.69. The normalized spacial score (nSPS) is 11.7. The molecule has 72 valence electrons. The first-order valence-electron chi connectivity index (χ1n) is 4.26. The maximum atomic E-state index is 10.7. The second-order valence-electron chi connectivity index (χ2n) is 3.60. The van der Waals surface area contributed by atoms with Gasteiger partial charge in [0.2, 0.25) is 0 Å². The van der Waals surface area contributed by atoms with Gasteiger partial charge in [-0.2, -0.15) is 0 Å². The molecule has 2 nitrogen and oxygen atoms in total. The van der Waals surface area contributed by atoms with E-state index >= 15 is 0 Å². The molecule has 0 spiro atoms. The first-order chi connectivity index (χ1) is 5.48. The van der Waals surface area contributed by atoms with Gasteiger partial charge in [0.05, 0.1) is 0 Å². The van der Waals surface area contributed by atoms with Crippen LogP contribution in [-0.4, -0.2) is 23.5 Å². The largest absolute Gasteiger partial charge is 0.311 e. The van der Waals surface area contributed by atoms with E-state index < -0.39 is 0 Å². The van der Waals surface area contributed by atoms with E-state index in [1.54, 1.807) is 6.92 Å². The number of hydrogen-bond acceptors (Lipinski definition) is 3. The van der Waals surface area contributed by atoms with Gasteiger partial charge in [-0.15, -0.1) is 11.8 Å². The van der Waals surface area contributed by atoms with Gasteiger partial charge in [-0.25, -0.2) is 0 Å². The number of nitrogens with one attached hydrogen (secondary N) is 1. The average Bonchev–Trinajstić information content (AvgIpc) is 1.98. The van der Waals surface area contributed by atoms with Crippen molar-refractivity contribution in [3.8, 4) is 0 Å². The summed E-state index contributed by atoms with van der Waals surface area (Å²) >= 11 is 1.86. The smallest absolute Gasteiger partial charge is 0.129 e. The molecule has 0 amide bonds. The van der Waals surface area contributed by atoms with Crippen LogP contribution in [0.3, 0.4) is 0 Å². The van der Waals surface area contributed by atoms with E-state index in [0.717, 1.165) is 12.3 Å². The van der Waals surface area contributed by atoms with E-state index in [2.05, 4.69) is 19.2 Å². The molecule has 0 aliphatic carbocycles. The Kier molecular flexibility index (Phi) is 5.59. The summed E-state index contributed by atoms with van der Waals surface area (Å²) in [5.41, 5.74) is 0. The van der Waals surface area contributed by atoms with Gasteiger partial charge >= 0.3 is 0 Å². The second kappa shape index (κ2) is 5.60. The highest BCUT2D eigenvalue weighted by Gasteiger charge is 2.17. The Labute approximate surface area is 79.5 Å². The molecule has 12 heavy (non-hydrogen) atoms. The van der Waals surface area contributed by atoms with E-state index in [-0.39, 0.29) is 10.5 Å². The number of ketones is 1. The predicted octanol–water partition coefficient (Wildman–Crippen LogP) is 2.04. The van der Waals surface area contributed by atoms with Crippen LogP contribution in [0, 0.1) is 0 Å². The average molecular weight is 189 g/mol. The molecule has 0 saturated heterocycles. The third kappa shape index (κ3) is 6.68. The summed E-state index contributed by atoms with van der Waals surface area (Å²) in [6, 6.07) is 0. The monoisotopic (exact) mass is 189 g/mol. The highest BCUT2D eigenvalue weighted by atomic mass is 32.2. The summed E-state index contributed by atoms with van der Waals surface area (Å²) in [6.07, 6.45) is 1.67. The van der Waals surface area contributed by atoms with Crippen molar-refractivity contribution in [2.75, 3.05) is 12.9 Å². The fraction of sp³-hybridized carbons (Fsp3) is 0.889. The van der Waals surface area contributed by atoms with Crippen molar-refractivity contribution in [2.24, 2.45) is 0 Å². The van der Waals surface area contributed by atoms with Gasteiger partial charge in [-0.1, -0.05) is 13.8 Å². The van der Waals surface area contributed by atoms with Crippen molar-refractivity contribution in [1.29, 1.82) is 0 Å². The van der Waals surface area contributed by atoms with Crippen LogP contribution in [0.4, 0.5) is 0 Å². The van der Waals surface area contributed by atoms with Crippen LogP contribution < -0.4 is 5.32 Å². The molecule has 3 heteroatoms. The van der Waals surface area contributed by atoms with E-state index in [1.807, 2.05) is 18.8 Å². The number of rotatable bonds is 6. The van der Waals surface area contributed by atoms with Crippen molar-refractivity contribution >= 4 is 17.5 Å². The summed E-state index contributed by atoms with van der Waals surface area (Å²) < 4.78 is 0.217. The van der Waals surface area contributed by atoms with Crippen LogP contribution in [0.25, 0.3) is 0 Å². The fourth-order valence-electron chi connectivity index (χ4n) is 0.817. The summed E-state index contributed by atoms with van der Waals surface area (Å²) in [6.45, 7) is 6.01. The maximum Gasteiger partial charge on any atom is 0.129 e. The maximum absolute atomic E-state index is 10.7. The Morgan fingerprint density at radius 3 is 2.50 bits per heavy atom. The van der Waals surface area contributed by atoms with Gasteiger partial charge in [0.15, 0.2) is 0 Å². The molecule has 0 aliphatic rings. The van der Waals surface area contributed by atoms with Crippen LogP contribution >= 0.6 is 11.8 Å². The van der Waals surface area contributed by atoms with Crippen molar-refractivity contribution in [3.05, 3.63) is 0 Å².